The smallest absolute Gasteiger partial charge is 0.243 e. The van der Waals surface area contributed by atoms with E-state index in [1.54, 1.807) is 14.0 Å². The van der Waals surface area contributed by atoms with Crippen LogP contribution in [0.3, 0.4) is 0 Å². The molecule has 2 aromatic rings. The van der Waals surface area contributed by atoms with Gasteiger partial charge in [0.1, 0.15) is 0 Å². The lowest BCUT2D eigenvalue weighted by atomic mass is 10.3. The molecule has 0 spiro atoms. The molecule has 0 aromatic carbocycles. The van der Waals surface area contributed by atoms with E-state index in [0.29, 0.717) is 18.3 Å². The van der Waals surface area contributed by atoms with Gasteiger partial charge in [0.15, 0.2) is 0 Å². The third kappa shape index (κ3) is 2.54. The Morgan fingerprint density at radius 3 is 3.06 bits per heavy atom. The maximum Gasteiger partial charge on any atom is 0.243 e. The van der Waals surface area contributed by atoms with Crippen molar-refractivity contribution >= 4 is 0 Å². The molecular weight excluding hydrogens is 220 g/mol. The minimum Gasteiger partial charge on any atom is -0.383 e. The second-order valence-corrected chi connectivity index (χ2v) is 3.82. The van der Waals surface area contributed by atoms with Crippen LogP contribution >= 0.6 is 0 Å². The first-order valence-electron chi connectivity index (χ1n) is 5.46. The lowest BCUT2D eigenvalue weighted by molar-refractivity contribution is 0.187. The predicted molar refractivity (Wildman–Crippen MR) is 62.2 cm³/mol. The van der Waals surface area contributed by atoms with E-state index < -0.39 is 0 Å². The van der Waals surface area contributed by atoms with Crippen LogP contribution < -0.4 is 5.73 Å². The Hall–Kier alpha value is -1.66. The zero-order chi connectivity index (χ0) is 12.3. The molecule has 2 N–H and O–H groups in total. The van der Waals surface area contributed by atoms with E-state index in [9.17, 15) is 0 Å². The first-order valence-corrected chi connectivity index (χ1v) is 5.46. The van der Waals surface area contributed by atoms with E-state index in [1.807, 2.05) is 22.9 Å². The van der Waals surface area contributed by atoms with Gasteiger partial charge in [-0.05, 0) is 19.1 Å². The molecule has 0 saturated heterocycles. The molecule has 17 heavy (non-hydrogen) atoms. The normalized spacial score (nSPS) is 12.9. The van der Waals surface area contributed by atoms with Crippen molar-refractivity contribution in [1.82, 2.24) is 14.7 Å². The zero-order valence-electron chi connectivity index (χ0n) is 9.96. The van der Waals surface area contributed by atoms with E-state index in [-0.39, 0.29) is 6.04 Å². The van der Waals surface area contributed by atoms with E-state index in [4.69, 9.17) is 15.0 Å². The van der Waals surface area contributed by atoms with Crippen LogP contribution in [0.25, 0.3) is 11.5 Å². The number of rotatable bonds is 5. The topological polar surface area (TPSA) is 79.1 Å². The molecule has 0 fully saturated rings. The summed E-state index contributed by atoms with van der Waals surface area (Å²) >= 11 is 0. The molecule has 0 aliphatic carbocycles. The van der Waals surface area contributed by atoms with E-state index in [2.05, 4.69) is 10.1 Å². The van der Waals surface area contributed by atoms with Crippen molar-refractivity contribution in [1.29, 1.82) is 0 Å². The molecule has 2 aromatic heterocycles. The third-order valence-corrected chi connectivity index (χ3v) is 2.43. The molecule has 2 rings (SSSR count). The highest BCUT2D eigenvalue weighted by atomic mass is 16.5. The average Bonchev–Trinajstić information content (AvgIpc) is 2.94. The Morgan fingerprint density at radius 1 is 1.59 bits per heavy atom. The lowest BCUT2D eigenvalue weighted by Crippen LogP contribution is -2.06. The first-order chi connectivity index (χ1) is 8.22. The summed E-state index contributed by atoms with van der Waals surface area (Å²) < 4.78 is 12.1. The Morgan fingerprint density at radius 2 is 2.41 bits per heavy atom. The molecule has 0 aliphatic rings. The van der Waals surface area contributed by atoms with Gasteiger partial charge in [-0.1, -0.05) is 5.16 Å². The van der Waals surface area contributed by atoms with Crippen LogP contribution in [-0.2, 0) is 11.3 Å². The molecule has 2 heterocycles. The van der Waals surface area contributed by atoms with Gasteiger partial charge in [-0.15, -0.1) is 0 Å². The number of aromatic nitrogens is 3. The molecule has 0 amide bonds. The minimum atomic E-state index is -0.251. The lowest BCUT2D eigenvalue weighted by Gasteiger charge is -2.04. The maximum absolute atomic E-state index is 5.68. The standard InChI is InChI=1S/C11H16N4O2/c1-8(12)11-13-10(14-17-11)9-4-3-5-15(9)6-7-16-2/h3-5,8H,6-7,12H2,1-2H3/t8-/m1/s1. The summed E-state index contributed by atoms with van der Waals surface area (Å²) in [6.45, 7) is 3.20. The summed E-state index contributed by atoms with van der Waals surface area (Å²) in [5, 5.41) is 3.92. The third-order valence-electron chi connectivity index (χ3n) is 2.43. The molecule has 92 valence electrons. The quantitative estimate of drug-likeness (QED) is 0.844. The fourth-order valence-corrected chi connectivity index (χ4v) is 1.53. The van der Waals surface area contributed by atoms with Crippen molar-refractivity contribution < 1.29 is 9.26 Å². The van der Waals surface area contributed by atoms with Crippen LogP contribution in [0.5, 0.6) is 0 Å². The van der Waals surface area contributed by atoms with Crippen LogP contribution in [0.4, 0.5) is 0 Å². The van der Waals surface area contributed by atoms with Gasteiger partial charge >= 0.3 is 0 Å². The number of hydrogen-bond acceptors (Lipinski definition) is 5. The Kier molecular flexibility index (Phi) is 3.55. The fourth-order valence-electron chi connectivity index (χ4n) is 1.53. The van der Waals surface area contributed by atoms with Crippen molar-refractivity contribution in [2.45, 2.75) is 19.5 Å². The zero-order valence-corrected chi connectivity index (χ0v) is 9.96. The molecule has 6 heteroatoms. The Labute approximate surface area is 99.4 Å². The number of nitrogens with two attached hydrogens (primary N) is 1. The average molecular weight is 236 g/mol. The van der Waals surface area contributed by atoms with Crippen molar-refractivity contribution in [3.8, 4) is 11.5 Å². The molecule has 0 saturated carbocycles. The van der Waals surface area contributed by atoms with Crippen LogP contribution in [0.15, 0.2) is 22.9 Å². The monoisotopic (exact) mass is 236 g/mol. The molecule has 1 atom stereocenters. The van der Waals surface area contributed by atoms with E-state index in [1.165, 1.54) is 0 Å². The first kappa shape index (κ1) is 11.8. The summed E-state index contributed by atoms with van der Waals surface area (Å²) in [7, 11) is 1.67. The van der Waals surface area contributed by atoms with Crippen LogP contribution in [0.1, 0.15) is 18.9 Å². The number of hydrogen-bond donors (Lipinski definition) is 1. The summed E-state index contributed by atoms with van der Waals surface area (Å²) in [5.74, 6) is 0.998. The molecule has 0 bridgehead atoms. The summed E-state index contributed by atoms with van der Waals surface area (Å²) in [6, 6.07) is 3.62. The van der Waals surface area contributed by atoms with Crippen LogP contribution in [-0.4, -0.2) is 28.4 Å². The minimum absolute atomic E-state index is 0.251. The van der Waals surface area contributed by atoms with Gasteiger partial charge in [0.25, 0.3) is 0 Å². The van der Waals surface area contributed by atoms with Crippen LogP contribution in [0.2, 0.25) is 0 Å². The largest absolute Gasteiger partial charge is 0.383 e. The molecule has 0 aliphatic heterocycles. The Bertz CT molecular complexity index is 475. The summed E-state index contributed by atoms with van der Waals surface area (Å²) in [4.78, 5) is 4.26. The van der Waals surface area contributed by atoms with Gasteiger partial charge in [0, 0.05) is 19.9 Å². The van der Waals surface area contributed by atoms with Gasteiger partial charge in [-0.3, -0.25) is 0 Å². The van der Waals surface area contributed by atoms with Gasteiger partial charge in [-0.2, -0.15) is 4.98 Å². The SMILES string of the molecule is COCCn1cccc1-c1noc([C@@H](C)N)n1. The van der Waals surface area contributed by atoms with Crippen molar-refractivity contribution in [2.75, 3.05) is 13.7 Å². The van der Waals surface area contributed by atoms with Gasteiger partial charge < -0.3 is 19.6 Å². The molecule has 6 nitrogen and oxygen atoms in total. The van der Waals surface area contributed by atoms with Gasteiger partial charge in [-0.25, -0.2) is 0 Å². The molecule has 0 unspecified atom stereocenters. The second kappa shape index (κ2) is 5.11. The van der Waals surface area contributed by atoms with Gasteiger partial charge in [0.05, 0.1) is 18.3 Å². The number of ether oxygens (including phenoxy) is 1. The summed E-state index contributed by atoms with van der Waals surface area (Å²) in [5.41, 5.74) is 6.58. The second-order valence-electron chi connectivity index (χ2n) is 3.82. The van der Waals surface area contributed by atoms with E-state index >= 15 is 0 Å². The number of methoxy groups -OCH3 is 1. The number of nitrogens with zero attached hydrogens (tertiary/aromatic N) is 3. The summed E-state index contributed by atoms with van der Waals surface area (Å²) in [6.07, 6.45) is 1.95. The highest BCUT2D eigenvalue weighted by molar-refractivity contribution is 5.49. The molecular formula is C11H16N4O2. The van der Waals surface area contributed by atoms with Crippen molar-refractivity contribution in [3.05, 3.63) is 24.2 Å². The van der Waals surface area contributed by atoms with Crippen molar-refractivity contribution in [3.63, 3.8) is 0 Å². The van der Waals surface area contributed by atoms with Crippen molar-refractivity contribution in [2.24, 2.45) is 5.73 Å². The van der Waals surface area contributed by atoms with Crippen LogP contribution in [0, 0.1) is 0 Å². The molecule has 0 radical (unpaired) electrons. The fraction of sp³-hybridized carbons (Fsp3) is 0.455. The Balaban J connectivity index is 2.23. The maximum atomic E-state index is 5.68. The highest BCUT2D eigenvalue weighted by Crippen LogP contribution is 2.18. The van der Waals surface area contributed by atoms with E-state index in [0.717, 1.165) is 12.2 Å². The van der Waals surface area contributed by atoms with Gasteiger partial charge in [0.2, 0.25) is 11.7 Å². The predicted octanol–water partition coefficient (Wildman–Crippen LogP) is 1.20. The highest BCUT2D eigenvalue weighted by Gasteiger charge is 2.14.